The summed E-state index contributed by atoms with van der Waals surface area (Å²) in [5, 5.41) is 0.835. The molecular formula is C16H16F3N3O2S. The molecule has 1 saturated heterocycles. The van der Waals surface area contributed by atoms with E-state index in [0.717, 1.165) is 17.3 Å². The Bertz CT molecular complexity index is 774. The minimum absolute atomic E-state index is 0.0884. The van der Waals surface area contributed by atoms with Gasteiger partial charge in [-0.05, 0) is 19.9 Å². The van der Waals surface area contributed by atoms with Gasteiger partial charge >= 0.3 is 6.18 Å². The van der Waals surface area contributed by atoms with Crippen molar-refractivity contribution in [3.05, 3.63) is 39.5 Å². The summed E-state index contributed by atoms with van der Waals surface area (Å²) in [4.78, 5) is 22.8. The van der Waals surface area contributed by atoms with Gasteiger partial charge in [0, 0.05) is 25.2 Å². The van der Waals surface area contributed by atoms with Crippen LogP contribution in [0.3, 0.4) is 0 Å². The first-order valence-electron chi connectivity index (χ1n) is 7.67. The number of rotatable bonds is 3. The van der Waals surface area contributed by atoms with Gasteiger partial charge in [-0.3, -0.25) is 4.79 Å². The van der Waals surface area contributed by atoms with Gasteiger partial charge < -0.3 is 9.64 Å². The smallest absolute Gasteiger partial charge is 0.417 e. The molecule has 0 aromatic carbocycles. The van der Waals surface area contributed by atoms with Crippen LogP contribution in [0.5, 0.6) is 5.88 Å². The fourth-order valence-corrected chi connectivity index (χ4v) is 3.56. The molecule has 3 heterocycles. The number of aryl methyl sites for hydroxylation is 2. The number of hydrogen-bond acceptors (Lipinski definition) is 5. The molecular weight excluding hydrogens is 355 g/mol. The lowest BCUT2D eigenvalue weighted by molar-refractivity contribution is -0.137. The summed E-state index contributed by atoms with van der Waals surface area (Å²) >= 11 is 1.36. The second-order valence-electron chi connectivity index (χ2n) is 5.81. The van der Waals surface area contributed by atoms with E-state index >= 15 is 0 Å². The van der Waals surface area contributed by atoms with Crippen LogP contribution in [-0.4, -0.2) is 40.0 Å². The highest BCUT2D eigenvalue weighted by molar-refractivity contribution is 7.13. The number of aromatic nitrogens is 2. The van der Waals surface area contributed by atoms with Gasteiger partial charge in [-0.2, -0.15) is 13.2 Å². The summed E-state index contributed by atoms with van der Waals surface area (Å²) in [6.07, 6.45) is -3.36. The Kier molecular flexibility index (Phi) is 4.68. The van der Waals surface area contributed by atoms with Crippen LogP contribution in [0.2, 0.25) is 0 Å². The van der Waals surface area contributed by atoms with Crippen LogP contribution < -0.4 is 4.74 Å². The molecule has 1 fully saturated rings. The molecule has 1 atom stereocenters. The van der Waals surface area contributed by atoms with Gasteiger partial charge in [-0.25, -0.2) is 9.97 Å². The fourth-order valence-electron chi connectivity index (χ4n) is 2.67. The maximum atomic E-state index is 12.5. The van der Waals surface area contributed by atoms with Gasteiger partial charge in [0.25, 0.3) is 5.91 Å². The third-order valence-electron chi connectivity index (χ3n) is 3.88. The number of thiazole rings is 1. The first kappa shape index (κ1) is 17.7. The molecule has 2 aromatic rings. The van der Waals surface area contributed by atoms with Gasteiger partial charge in [0.15, 0.2) is 0 Å². The average molecular weight is 371 g/mol. The number of likely N-dealkylation sites (tertiary alicyclic amines) is 1. The van der Waals surface area contributed by atoms with Crippen molar-refractivity contribution in [1.29, 1.82) is 0 Å². The number of carbonyl (C=O) groups excluding carboxylic acids is 1. The van der Waals surface area contributed by atoms with Gasteiger partial charge in [0.05, 0.1) is 22.8 Å². The third-order valence-corrected chi connectivity index (χ3v) is 4.94. The Morgan fingerprint density at radius 1 is 1.36 bits per heavy atom. The lowest BCUT2D eigenvalue weighted by Gasteiger charge is -2.16. The van der Waals surface area contributed by atoms with E-state index < -0.39 is 11.7 Å². The SMILES string of the molecule is Cc1nc(C)c(C(=O)N2CC[C@@H](Oc3ccc(C(F)(F)F)cn3)C2)s1. The molecule has 0 N–H and O–H groups in total. The number of nitrogens with zero attached hydrogens (tertiary/aromatic N) is 3. The molecule has 0 unspecified atom stereocenters. The van der Waals surface area contributed by atoms with Crippen LogP contribution in [0.15, 0.2) is 18.3 Å². The first-order chi connectivity index (χ1) is 11.7. The quantitative estimate of drug-likeness (QED) is 0.829. The zero-order valence-electron chi connectivity index (χ0n) is 13.6. The molecule has 1 aliphatic rings. The van der Waals surface area contributed by atoms with Crippen molar-refractivity contribution >= 4 is 17.2 Å². The van der Waals surface area contributed by atoms with Crippen LogP contribution in [0.1, 0.15) is 32.4 Å². The molecule has 0 bridgehead atoms. The summed E-state index contributed by atoms with van der Waals surface area (Å²) in [6.45, 7) is 4.55. The number of halogens is 3. The number of carbonyl (C=O) groups is 1. The average Bonchev–Trinajstić information content (AvgIpc) is 3.12. The van der Waals surface area contributed by atoms with Crippen LogP contribution in [0.25, 0.3) is 0 Å². The number of alkyl halides is 3. The maximum absolute atomic E-state index is 12.5. The summed E-state index contributed by atoms with van der Waals surface area (Å²) < 4.78 is 43.2. The molecule has 25 heavy (non-hydrogen) atoms. The van der Waals surface area contributed by atoms with Gasteiger partial charge in [0.2, 0.25) is 5.88 Å². The first-order valence-corrected chi connectivity index (χ1v) is 8.49. The third kappa shape index (κ3) is 3.92. The number of hydrogen-bond donors (Lipinski definition) is 0. The molecule has 1 amide bonds. The second-order valence-corrected chi connectivity index (χ2v) is 7.01. The Labute approximate surface area is 146 Å². The number of ether oxygens (including phenoxy) is 1. The monoisotopic (exact) mass is 371 g/mol. The molecule has 5 nitrogen and oxygen atoms in total. The van der Waals surface area contributed by atoms with E-state index in [1.807, 2.05) is 6.92 Å². The Hall–Kier alpha value is -2.16. The highest BCUT2D eigenvalue weighted by Crippen LogP contribution is 2.29. The highest BCUT2D eigenvalue weighted by atomic mass is 32.1. The topological polar surface area (TPSA) is 55.3 Å². The van der Waals surface area contributed by atoms with E-state index in [-0.39, 0.29) is 17.9 Å². The van der Waals surface area contributed by atoms with E-state index in [1.165, 1.54) is 17.4 Å². The Morgan fingerprint density at radius 2 is 2.12 bits per heavy atom. The Balaban J connectivity index is 1.61. The summed E-state index contributed by atoms with van der Waals surface area (Å²) in [5.41, 5.74) is -0.111. The van der Waals surface area contributed by atoms with Crippen molar-refractivity contribution in [1.82, 2.24) is 14.9 Å². The predicted molar refractivity (Wildman–Crippen MR) is 85.8 cm³/mol. The highest BCUT2D eigenvalue weighted by Gasteiger charge is 2.32. The molecule has 2 aromatic heterocycles. The molecule has 134 valence electrons. The van der Waals surface area contributed by atoms with Crippen molar-refractivity contribution in [2.45, 2.75) is 32.5 Å². The molecule has 0 saturated carbocycles. The Morgan fingerprint density at radius 3 is 2.68 bits per heavy atom. The number of amides is 1. The van der Waals surface area contributed by atoms with E-state index in [2.05, 4.69) is 9.97 Å². The van der Waals surface area contributed by atoms with Gasteiger partial charge in [0.1, 0.15) is 11.0 Å². The predicted octanol–water partition coefficient (Wildman–Crippen LogP) is 3.47. The van der Waals surface area contributed by atoms with Gasteiger partial charge in [-0.1, -0.05) is 0 Å². The zero-order chi connectivity index (χ0) is 18.2. The van der Waals surface area contributed by atoms with Crippen molar-refractivity contribution < 1.29 is 22.7 Å². The maximum Gasteiger partial charge on any atom is 0.417 e. The fraction of sp³-hybridized carbons (Fsp3) is 0.438. The second kappa shape index (κ2) is 6.62. The van der Waals surface area contributed by atoms with Crippen LogP contribution in [-0.2, 0) is 6.18 Å². The number of pyridine rings is 1. The normalized spacial score (nSPS) is 17.8. The molecule has 0 spiro atoms. The van der Waals surface area contributed by atoms with Crippen LogP contribution >= 0.6 is 11.3 Å². The van der Waals surface area contributed by atoms with Crippen LogP contribution in [0, 0.1) is 13.8 Å². The summed E-state index contributed by atoms with van der Waals surface area (Å²) in [7, 11) is 0. The standard InChI is InChI=1S/C16H16F3N3O2S/c1-9-14(25-10(2)21-9)15(23)22-6-5-12(8-22)24-13-4-3-11(7-20-13)16(17,18)19/h3-4,7,12H,5-6,8H2,1-2H3/t12-/m1/s1. The van der Waals surface area contributed by atoms with Crippen molar-refractivity contribution in [3.8, 4) is 5.88 Å². The van der Waals surface area contributed by atoms with E-state index in [1.54, 1.807) is 11.8 Å². The van der Waals surface area contributed by atoms with Crippen molar-refractivity contribution in [3.63, 3.8) is 0 Å². The minimum atomic E-state index is -4.42. The molecule has 0 aliphatic carbocycles. The molecule has 3 rings (SSSR count). The molecule has 0 radical (unpaired) electrons. The molecule has 1 aliphatic heterocycles. The van der Waals surface area contributed by atoms with E-state index in [4.69, 9.17) is 4.74 Å². The van der Waals surface area contributed by atoms with Crippen LogP contribution in [0.4, 0.5) is 13.2 Å². The van der Waals surface area contributed by atoms with E-state index in [9.17, 15) is 18.0 Å². The largest absolute Gasteiger partial charge is 0.472 e. The lowest BCUT2D eigenvalue weighted by atomic mass is 10.3. The summed E-state index contributed by atoms with van der Waals surface area (Å²) in [5.74, 6) is 0.0340. The van der Waals surface area contributed by atoms with Gasteiger partial charge in [-0.15, -0.1) is 11.3 Å². The van der Waals surface area contributed by atoms with E-state index in [0.29, 0.717) is 30.1 Å². The van der Waals surface area contributed by atoms with Crippen molar-refractivity contribution in [2.75, 3.05) is 13.1 Å². The molecule has 9 heteroatoms. The summed E-state index contributed by atoms with van der Waals surface area (Å²) in [6, 6.07) is 2.13. The van der Waals surface area contributed by atoms with Crippen molar-refractivity contribution in [2.24, 2.45) is 0 Å². The lowest BCUT2D eigenvalue weighted by Crippen LogP contribution is -2.30. The minimum Gasteiger partial charge on any atom is -0.472 e. The zero-order valence-corrected chi connectivity index (χ0v) is 14.4.